The summed E-state index contributed by atoms with van der Waals surface area (Å²) in [6.07, 6.45) is 2.96. The van der Waals surface area contributed by atoms with E-state index in [1.807, 2.05) is 0 Å². The highest BCUT2D eigenvalue weighted by Gasteiger charge is 2.46. The van der Waals surface area contributed by atoms with Gasteiger partial charge in [0.1, 0.15) is 5.83 Å². The van der Waals surface area contributed by atoms with Crippen LogP contribution in [0.4, 0.5) is 10.1 Å². The van der Waals surface area contributed by atoms with E-state index >= 15 is 0 Å². The van der Waals surface area contributed by atoms with E-state index in [1.165, 1.54) is 31.2 Å². The largest absolute Gasteiger partial charge is 0.480 e. The molecule has 1 aromatic carbocycles. The Morgan fingerprint density at radius 3 is 2.55 bits per heavy atom. The van der Waals surface area contributed by atoms with Crippen molar-refractivity contribution in [3.63, 3.8) is 0 Å². The first-order valence-corrected chi connectivity index (χ1v) is 6.55. The maximum absolute atomic E-state index is 13.6. The molecule has 1 unspecified atom stereocenters. The van der Waals surface area contributed by atoms with Crippen LogP contribution < -0.4 is 5.32 Å². The fourth-order valence-electron chi connectivity index (χ4n) is 2.32. The standard InChI is InChI=1S/C16H14FNO4/c1-10(19)18-13-7-3-2-6-12(13)14(20)16(15(21)22)8-4-5-11(17)9-16/h2-8H,9H2,1H3,(H,18,19)(H,21,22). The Morgan fingerprint density at radius 1 is 1.27 bits per heavy atom. The Balaban J connectivity index is 2.50. The minimum atomic E-state index is -2.01. The van der Waals surface area contributed by atoms with Gasteiger partial charge < -0.3 is 10.4 Å². The van der Waals surface area contributed by atoms with Gasteiger partial charge in [-0.1, -0.05) is 24.3 Å². The number of anilines is 1. The molecule has 0 radical (unpaired) electrons. The lowest BCUT2D eigenvalue weighted by Gasteiger charge is -2.26. The number of carbonyl (C=O) groups is 3. The lowest BCUT2D eigenvalue weighted by atomic mass is 9.74. The van der Waals surface area contributed by atoms with Crippen LogP contribution in [-0.4, -0.2) is 22.8 Å². The number of halogens is 1. The number of nitrogens with one attached hydrogen (secondary N) is 1. The van der Waals surface area contributed by atoms with Gasteiger partial charge in [-0.3, -0.25) is 14.4 Å². The summed E-state index contributed by atoms with van der Waals surface area (Å²) in [5, 5.41) is 11.9. The summed E-state index contributed by atoms with van der Waals surface area (Å²) in [6.45, 7) is 1.27. The highest BCUT2D eigenvalue weighted by molar-refractivity contribution is 6.17. The lowest BCUT2D eigenvalue weighted by Crippen LogP contribution is -2.39. The maximum Gasteiger partial charge on any atom is 0.321 e. The molecule has 0 aromatic heterocycles. The molecule has 0 saturated heterocycles. The zero-order valence-electron chi connectivity index (χ0n) is 11.8. The molecule has 0 aliphatic heterocycles. The summed E-state index contributed by atoms with van der Waals surface area (Å²) in [6, 6.07) is 6.05. The number of carbonyl (C=O) groups excluding carboxylic acids is 2. The Hall–Kier alpha value is -2.76. The van der Waals surface area contributed by atoms with Crippen LogP contribution in [0.25, 0.3) is 0 Å². The Kier molecular flexibility index (Phi) is 4.21. The molecule has 0 fully saturated rings. The molecule has 1 amide bonds. The fraction of sp³-hybridized carbons (Fsp3) is 0.188. The van der Waals surface area contributed by atoms with Crippen molar-refractivity contribution < 1.29 is 23.9 Å². The van der Waals surface area contributed by atoms with Gasteiger partial charge in [0.05, 0.1) is 5.69 Å². The van der Waals surface area contributed by atoms with Crippen LogP contribution >= 0.6 is 0 Å². The van der Waals surface area contributed by atoms with Crippen LogP contribution in [0.2, 0.25) is 0 Å². The van der Waals surface area contributed by atoms with Gasteiger partial charge in [-0.2, -0.15) is 0 Å². The van der Waals surface area contributed by atoms with E-state index in [4.69, 9.17) is 0 Å². The average molecular weight is 303 g/mol. The molecule has 5 nitrogen and oxygen atoms in total. The van der Waals surface area contributed by atoms with E-state index in [1.54, 1.807) is 12.1 Å². The van der Waals surface area contributed by atoms with Crippen molar-refractivity contribution in [3.05, 3.63) is 53.9 Å². The van der Waals surface area contributed by atoms with Gasteiger partial charge in [0, 0.05) is 18.9 Å². The number of carboxylic acids is 1. The number of hydrogen-bond acceptors (Lipinski definition) is 3. The molecule has 1 atom stereocenters. The quantitative estimate of drug-likeness (QED) is 0.661. The van der Waals surface area contributed by atoms with Crippen molar-refractivity contribution in [2.45, 2.75) is 13.3 Å². The Morgan fingerprint density at radius 2 is 1.95 bits per heavy atom. The molecule has 22 heavy (non-hydrogen) atoms. The van der Waals surface area contributed by atoms with Crippen molar-refractivity contribution >= 4 is 23.3 Å². The van der Waals surface area contributed by atoms with Crippen LogP contribution in [0.3, 0.4) is 0 Å². The second-order valence-electron chi connectivity index (χ2n) is 4.98. The third kappa shape index (κ3) is 2.81. The molecule has 0 saturated carbocycles. The van der Waals surface area contributed by atoms with Crippen LogP contribution in [0, 0.1) is 5.41 Å². The van der Waals surface area contributed by atoms with Gasteiger partial charge >= 0.3 is 5.97 Å². The average Bonchev–Trinajstić information content (AvgIpc) is 2.46. The monoisotopic (exact) mass is 303 g/mol. The van der Waals surface area contributed by atoms with Crippen molar-refractivity contribution in [2.75, 3.05) is 5.32 Å². The van der Waals surface area contributed by atoms with E-state index in [0.29, 0.717) is 0 Å². The van der Waals surface area contributed by atoms with Gasteiger partial charge in [-0.15, -0.1) is 0 Å². The van der Waals surface area contributed by atoms with Crippen LogP contribution in [0.1, 0.15) is 23.7 Å². The number of rotatable bonds is 4. The first-order valence-electron chi connectivity index (χ1n) is 6.55. The molecule has 6 heteroatoms. The molecule has 0 spiro atoms. The van der Waals surface area contributed by atoms with Crippen molar-refractivity contribution in [1.29, 1.82) is 0 Å². The van der Waals surface area contributed by atoms with Gasteiger partial charge in [-0.05, 0) is 18.2 Å². The van der Waals surface area contributed by atoms with E-state index in [-0.39, 0.29) is 11.3 Å². The zero-order valence-corrected chi connectivity index (χ0v) is 11.8. The van der Waals surface area contributed by atoms with Gasteiger partial charge in [0.2, 0.25) is 5.91 Å². The number of benzene rings is 1. The minimum absolute atomic E-state index is 0.0273. The first-order chi connectivity index (χ1) is 10.4. The van der Waals surface area contributed by atoms with Crippen molar-refractivity contribution in [1.82, 2.24) is 0 Å². The molecule has 2 rings (SSSR count). The van der Waals surface area contributed by atoms with Gasteiger partial charge in [-0.25, -0.2) is 4.39 Å². The second kappa shape index (κ2) is 5.93. The topological polar surface area (TPSA) is 83.5 Å². The normalized spacial score (nSPS) is 20.2. The molecular formula is C16H14FNO4. The summed E-state index contributed by atoms with van der Waals surface area (Å²) in [5.41, 5.74) is -1.78. The summed E-state index contributed by atoms with van der Waals surface area (Å²) in [7, 11) is 0. The number of para-hydroxylation sites is 1. The summed E-state index contributed by atoms with van der Waals surface area (Å²) in [4.78, 5) is 35.6. The van der Waals surface area contributed by atoms with Crippen molar-refractivity contribution in [3.8, 4) is 0 Å². The minimum Gasteiger partial charge on any atom is -0.480 e. The molecule has 2 N–H and O–H groups in total. The summed E-state index contributed by atoms with van der Waals surface area (Å²) in [5.74, 6) is -3.29. The summed E-state index contributed by atoms with van der Waals surface area (Å²) < 4.78 is 13.6. The van der Waals surface area contributed by atoms with E-state index in [9.17, 15) is 23.9 Å². The van der Waals surface area contributed by atoms with Gasteiger partial charge in [0.15, 0.2) is 11.2 Å². The lowest BCUT2D eigenvalue weighted by molar-refractivity contribution is -0.143. The number of allylic oxidation sites excluding steroid dienone is 3. The number of amides is 1. The predicted molar refractivity (Wildman–Crippen MR) is 78.1 cm³/mol. The number of carboxylic acid groups (broad SMARTS) is 1. The Labute approximate surface area is 126 Å². The number of ketones is 1. The van der Waals surface area contributed by atoms with Gasteiger partial charge in [0.25, 0.3) is 0 Å². The summed E-state index contributed by atoms with van der Waals surface area (Å²) >= 11 is 0. The Bertz CT molecular complexity index is 708. The third-order valence-corrected chi connectivity index (χ3v) is 3.37. The van der Waals surface area contributed by atoms with E-state index in [0.717, 1.165) is 6.08 Å². The number of hydrogen-bond donors (Lipinski definition) is 2. The predicted octanol–water partition coefficient (Wildman–Crippen LogP) is 2.71. The molecule has 1 aliphatic rings. The molecular weight excluding hydrogens is 289 g/mol. The molecule has 0 heterocycles. The highest BCUT2D eigenvalue weighted by Crippen LogP contribution is 2.37. The number of Topliss-reactive ketones (excluding diaryl/α,β-unsaturated/α-hetero) is 1. The second-order valence-corrected chi connectivity index (χ2v) is 4.98. The smallest absolute Gasteiger partial charge is 0.321 e. The van der Waals surface area contributed by atoms with Crippen molar-refractivity contribution in [2.24, 2.45) is 5.41 Å². The van der Waals surface area contributed by atoms with E-state index in [2.05, 4.69) is 5.32 Å². The number of aliphatic carboxylic acids is 1. The van der Waals surface area contributed by atoms with Crippen LogP contribution in [0.15, 0.2) is 48.3 Å². The zero-order chi connectivity index (χ0) is 16.3. The van der Waals surface area contributed by atoms with E-state index < -0.39 is 35.3 Å². The molecule has 114 valence electrons. The SMILES string of the molecule is CC(=O)Nc1ccccc1C(=O)C1(C(=O)O)C=CC=C(F)C1. The fourth-order valence-corrected chi connectivity index (χ4v) is 2.32. The first kappa shape index (κ1) is 15.6. The van der Waals surface area contributed by atoms with Crippen LogP contribution in [0.5, 0.6) is 0 Å². The third-order valence-electron chi connectivity index (χ3n) is 3.37. The highest BCUT2D eigenvalue weighted by atomic mass is 19.1. The maximum atomic E-state index is 13.6. The van der Waals surface area contributed by atoms with Crippen LogP contribution in [-0.2, 0) is 9.59 Å². The molecule has 1 aliphatic carbocycles. The molecule has 1 aromatic rings. The molecule has 0 bridgehead atoms.